The SMILES string of the molecule is COc1cc(/C=C/Br)ccc1OC(=O)c1ccccc1. The Bertz CT molecular complexity index is 621. The summed E-state index contributed by atoms with van der Waals surface area (Å²) in [6, 6.07) is 14.2. The van der Waals surface area contributed by atoms with Crippen molar-refractivity contribution < 1.29 is 14.3 Å². The van der Waals surface area contributed by atoms with E-state index < -0.39 is 5.97 Å². The Morgan fingerprint density at radius 1 is 1.10 bits per heavy atom. The van der Waals surface area contributed by atoms with Crippen molar-refractivity contribution in [3.63, 3.8) is 0 Å². The first-order valence-corrected chi connectivity index (χ1v) is 6.88. The van der Waals surface area contributed by atoms with Crippen LogP contribution in [0.5, 0.6) is 11.5 Å². The van der Waals surface area contributed by atoms with Crippen LogP contribution in [0.2, 0.25) is 0 Å². The molecule has 0 saturated carbocycles. The molecule has 0 spiro atoms. The van der Waals surface area contributed by atoms with E-state index in [1.807, 2.05) is 18.2 Å². The molecular formula is C16H13BrO3. The van der Waals surface area contributed by atoms with Crippen LogP contribution >= 0.6 is 15.9 Å². The minimum atomic E-state index is -0.410. The van der Waals surface area contributed by atoms with Crippen molar-refractivity contribution in [3.05, 3.63) is 64.6 Å². The van der Waals surface area contributed by atoms with Crippen molar-refractivity contribution in [2.75, 3.05) is 7.11 Å². The van der Waals surface area contributed by atoms with E-state index in [-0.39, 0.29) is 0 Å². The molecule has 3 nitrogen and oxygen atoms in total. The van der Waals surface area contributed by atoms with E-state index in [1.165, 1.54) is 7.11 Å². The number of hydrogen-bond acceptors (Lipinski definition) is 3. The van der Waals surface area contributed by atoms with Gasteiger partial charge in [-0.2, -0.15) is 0 Å². The summed E-state index contributed by atoms with van der Waals surface area (Å²) < 4.78 is 10.6. The predicted octanol–water partition coefficient (Wildman–Crippen LogP) is 4.28. The molecule has 0 aliphatic carbocycles. The fraction of sp³-hybridized carbons (Fsp3) is 0.0625. The molecule has 0 amide bonds. The average molecular weight is 333 g/mol. The zero-order valence-electron chi connectivity index (χ0n) is 10.9. The van der Waals surface area contributed by atoms with Gasteiger partial charge in [-0.25, -0.2) is 4.79 Å². The van der Waals surface area contributed by atoms with Crippen LogP contribution in [-0.2, 0) is 0 Å². The summed E-state index contributed by atoms with van der Waals surface area (Å²) in [5.41, 5.74) is 1.44. The summed E-state index contributed by atoms with van der Waals surface area (Å²) >= 11 is 3.22. The number of benzene rings is 2. The van der Waals surface area contributed by atoms with Gasteiger partial charge in [-0.3, -0.25) is 0 Å². The summed E-state index contributed by atoms with van der Waals surface area (Å²) in [7, 11) is 1.54. The maximum Gasteiger partial charge on any atom is 0.343 e. The standard InChI is InChI=1S/C16H13BrO3/c1-19-15-11-12(9-10-17)7-8-14(15)20-16(18)13-5-3-2-4-6-13/h2-11H,1H3/b10-9+. The zero-order chi connectivity index (χ0) is 14.4. The van der Waals surface area contributed by atoms with Gasteiger partial charge in [0.25, 0.3) is 0 Å². The highest BCUT2D eigenvalue weighted by Crippen LogP contribution is 2.29. The lowest BCUT2D eigenvalue weighted by Gasteiger charge is -2.10. The van der Waals surface area contributed by atoms with Gasteiger partial charge in [0.1, 0.15) is 0 Å². The lowest BCUT2D eigenvalue weighted by Crippen LogP contribution is -2.09. The van der Waals surface area contributed by atoms with E-state index in [4.69, 9.17) is 9.47 Å². The molecule has 0 radical (unpaired) electrons. The predicted molar refractivity (Wildman–Crippen MR) is 82.4 cm³/mol. The van der Waals surface area contributed by atoms with Crippen LogP contribution in [0.3, 0.4) is 0 Å². The van der Waals surface area contributed by atoms with E-state index in [1.54, 1.807) is 41.4 Å². The second kappa shape index (κ2) is 6.91. The van der Waals surface area contributed by atoms with E-state index in [0.717, 1.165) is 5.56 Å². The number of hydrogen-bond donors (Lipinski definition) is 0. The molecule has 0 fully saturated rings. The van der Waals surface area contributed by atoms with Gasteiger partial charge in [0.15, 0.2) is 11.5 Å². The molecule has 4 heteroatoms. The van der Waals surface area contributed by atoms with Crippen molar-refractivity contribution >= 4 is 28.0 Å². The van der Waals surface area contributed by atoms with Crippen LogP contribution in [-0.4, -0.2) is 13.1 Å². The van der Waals surface area contributed by atoms with Gasteiger partial charge >= 0.3 is 5.97 Å². The lowest BCUT2D eigenvalue weighted by molar-refractivity contribution is 0.0729. The number of halogens is 1. The molecule has 0 atom stereocenters. The van der Waals surface area contributed by atoms with Crippen LogP contribution in [0.15, 0.2) is 53.5 Å². The molecule has 2 aromatic carbocycles. The van der Waals surface area contributed by atoms with Crippen molar-refractivity contribution in [2.24, 2.45) is 0 Å². The first-order chi connectivity index (χ1) is 9.74. The molecule has 2 aromatic rings. The van der Waals surface area contributed by atoms with Crippen LogP contribution in [0.1, 0.15) is 15.9 Å². The highest BCUT2D eigenvalue weighted by atomic mass is 79.9. The summed E-state index contributed by atoms with van der Waals surface area (Å²) in [6.07, 6.45) is 1.87. The average Bonchev–Trinajstić information content (AvgIpc) is 2.50. The molecule has 0 unspecified atom stereocenters. The molecule has 2 rings (SSSR count). The monoisotopic (exact) mass is 332 g/mol. The van der Waals surface area contributed by atoms with Crippen molar-refractivity contribution in [1.82, 2.24) is 0 Å². The van der Waals surface area contributed by atoms with Crippen LogP contribution in [0.25, 0.3) is 6.08 Å². The molecular weight excluding hydrogens is 320 g/mol. The van der Waals surface area contributed by atoms with E-state index in [2.05, 4.69) is 15.9 Å². The van der Waals surface area contributed by atoms with Crippen molar-refractivity contribution in [2.45, 2.75) is 0 Å². The van der Waals surface area contributed by atoms with Crippen molar-refractivity contribution in [1.29, 1.82) is 0 Å². The molecule has 0 aliphatic heterocycles. The maximum atomic E-state index is 12.0. The van der Waals surface area contributed by atoms with Gasteiger partial charge in [0.05, 0.1) is 12.7 Å². The molecule has 102 valence electrons. The van der Waals surface area contributed by atoms with Crippen LogP contribution in [0.4, 0.5) is 0 Å². The third kappa shape index (κ3) is 3.48. The Hall–Kier alpha value is -2.07. The second-order valence-corrected chi connectivity index (χ2v) is 4.49. The fourth-order valence-electron chi connectivity index (χ4n) is 1.68. The van der Waals surface area contributed by atoms with Gasteiger partial charge in [-0.15, -0.1) is 0 Å². The molecule has 0 N–H and O–H groups in total. The number of carbonyl (C=O) groups is 1. The minimum absolute atomic E-state index is 0.396. The maximum absolute atomic E-state index is 12.0. The Kier molecular flexibility index (Phi) is 4.96. The third-order valence-electron chi connectivity index (χ3n) is 2.66. The van der Waals surface area contributed by atoms with Crippen molar-refractivity contribution in [3.8, 4) is 11.5 Å². The van der Waals surface area contributed by atoms with E-state index in [9.17, 15) is 4.79 Å². The molecule has 0 bridgehead atoms. The second-order valence-electron chi connectivity index (χ2n) is 3.96. The number of esters is 1. The summed E-state index contributed by atoms with van der Waals surface area (Å²) in [4.78, 5) is 13.7. The van der Waals surface area contributed by atoms with Crippen LogP contribution < -0.4 is 9.47 Å². The van der Waals surface area contributed by atoms with E-state index in [0.29, 0.717) is 17.1 Å². The topological polar surface area (TPSA) is 35.5 Å². The Labute approximate surface area is 126 Å². The van der Waals surface area contributed by atoms with Gasteiger partial charge in [0, 0.05) is 0 Å². The Balaban J connectivity index is 2.23. The highest BCUT2D eigenvalue weighted by molar-refractivity contribution is 9.11. The fourth-order valence-corrected chi connectivity index (χ4v) is 1.98. The van der Waals surface area contributed by atoms with Gasteiger partial charge in [0.2, 0.25) is 0 Å². The number of ether oxygens (including phenoxy) is 2. The van der Waals surface area contributed by atoms with Gasteiger partial charge in [-0.1, -0.05) is 40.2 Å². The number of rotatable bonds is 4. The van der Waals surface area contributed by atoms with Crippen LogP contribution in [0, 0.1) is 0 Å². The summed E-state index contributed by atoms with van der Waals surface area (Å²) in [6.45, 7) is 0. The normalized spacial score (nSPS) is 10.5. The largest absolute Gasteiger partial charge is 0.493 e. The molecule has 0 aromatic heterocycles. The van der Waals surface area contributed by atoms with Gasteiger partial charge in [-0.05, 0) is 40.9 Å². The minimum Gasteiger partial charge on any atom is -0.493 e. The molecule has 0 saturated heterocycles. The molecule has 0 aliphatic rings. The van der Waals surface area contributed by atoms with Gasteiger partial charge < -0.3 is 9.47 Å². The lowest BCUT2D eigenvalue weighted by atomic mass is 10.2. The molecule has 20 heavy (non-hydrogen) atoms. The third-order valence-corrected chi connectivity index (χ3v) is 2.92. The highest BCUT2D eigenvalue weighted by Gasteiger charge is 2.12. The number of methoxy groups -OCH3 is 1. The van der Waals surface area contributed by atoms with E-state index >= 15 is 0 Å². The Morgan fingerprint density at radius 2 is 1.85 bits per heavy atom. The summed E-state index contributed by atoms with van der Waals surface area (Å²) in [5.74, 6) is 0.498. The smallest absolute Gasteiger partial charge is 0.343 e. The summed E-state index contributed by atoms with van der Waals surface area (Å²) in [5, 5.41) is 0. The quantitative estimate of drug-likeness (QED) is 0.619. The Morgan fingerprint density at radius 3 is 2.50 bits per heavy atom. The first-order valence-electron chi connectivity index (χ1n) is 5.96. The zero-order valence-corrected chi connectivity index (χ0v) is 12.5. The first kappa shape index (κ1) is 14.3. The number of carbonyl (C=O) groups excluding carboxylic acids is 1. The molecule has 0 heterocycles.